The molecule has 1 nitrogen and oxygen atoms in total. The lowest BCUT2D eigenvalue weighted by Crippen LogP contribution is -2.02. The first-order valence-electron chi connectivity index (χ1n) is 4.60. The van der Waals surface area contributed by atoms with Crippen LogP contribution in [0, 0.1) is 12.1 Å². The average Bonchev–Trinajstić information content (AvgIpc) is 2.26. The van der Waals surface area contributed by atoms with E-state index in [-0.39, 0.29) is 0 Å². The van der Waals surface area contributed by atoms with Gasteiger partial charge in [0.15, 0.2) is 0 Å². The predicted octanol–water partition coefficient (Wildman–Crippen LogP) is 2.98. The summed E-state index contributed by atoms with van der Waals surface area (Å²) in [4.78, 5) is 0. The van der Waals surface area contributed by atoms with Crippen LogP contribution in [0.25, 0.3) is 0 Å². The zero-order chi connectivity index (χ0) is 9.38. The van der Waals surface area contributed by atoms with Gasteiger partial charge in [0.1, 0.15) is 11.5 Å². The number of rotatable bonds is 0. The topological polar surface area (TPSA) is 9.23 Å². The second-order valence-electron chi connectivity index (χ2n) is 3.33. The minimum absolute atomic E-state index is 0.892. The quantitative estimate of drug-likeness (QED) is 0.516. The van der Waals surface area contributed by atoms with Crippen LogP contribution in [0.15, 0.2) is 36.4 Å². The first-order chi connectivity index (χ1) is 6.93. The molecule has 0 spiro atoms. The van der Waals surface area contributed by atoms with E-state index >= 15 is 0 Å². The van der Waals surface area contributed by atoms with Gasteiger partial charge in [-0.05, 0) is 29.8 Å². The highest BCUT2D eigenvalue weighted by molar-refractivity contribution is 5.48. The molecule has 2 aromatic carbocycles. The number of benzene rings is 2. The number of fused-ring (bicyclic) bond motifs is 2. The van der Waals surface area contributed by atoms with Crippen molar-refractivity contribution in [3.63, 3.8) is 0 Å². The molecular formula is C13H8O. The normalized spacial score (nSPS) is 12.6. The van der Waals surface area contributed by atoms with Crippen molar-refractivity contribution in [1.29, 1.82) is 0 Å². The van der Waals surface area contributed by atoms with Crippen molar-refractivity contribution >= 4 is 0 Å². The summed E-state index contributed by atoms with van der Waals surface area (Å²) in [5, 5.41) is 0. The number of hydrogen-bond donors (Lipinski definition) is 0. The number of hydrogen-bond acceptors (Lipinski definition) is 1. The molecule has 0 saturated carbocycles. The van der Waals surface area contributed by atoms with Gasteiger partial charge in [-0.1, -0.05) is 24.3 Å². The fraction of sp³-hybridized carbons (Fsp3) is 0.0769. The van der Waals surface area contributed by atoms with Gasteiger partial charge in [0.05, 0.1) is 0 Å². The Morgan fingerprint density at radius 2 is 2.00 bits per heavy atom. The van der Waals surface area contributed by atoms with Gasteiger partial charge in [0, 0.05) is 12.0 Å². The van der Waals surface area contributed by atoms with E-state index in [2.05, 4.69) is 18.2 Å². The fourth-order valence-electron chi connectivity index (χ4n) is 1.69. The van der Waals surface area contributed by atoms with E-state index in [1.165, 1.54) is 5.56 Å². The highest BCUT2D eigenvalue weighted by atomic mass is 16.5. The van der Waals surface area contributed by atoms with Crippen LogP contribution < -0.4 is 4.74 Å². The van der Waals surface area contributed by atoms with Gasteiger partial charge < -0.3 is 4.74 Å². The van der Waals surface area contributed by atoms with Crippen LogP contribution in [-0.2, 0) is 6.42 Å². The highest BCUT2D eigenvalue weighted by Gasteiger charge is 2.15. The maximum absolute atomic E-state index is 5.73. The SMILES string of the molecule is [c]1[c]c2c(cc1)Oc1ccccc1C2. The third kappa shape index (κ3) is 1.10. The molecule has 0 atom stereocenters. The molecule has 0 amide bonds. The Hall–Kier alpha value is -1.76. The van der Waals surface area contributed by atoms with E-state index in [9.17, 15) is 0 Å². The van der Waals surface area contributed by atoms with E-state index < -0.39 is 0 Å². The first-order valence-corrected chi connectivity index (χ1v) is 4.60. The van der Waals surface area contributed by atoms with Crippen LogP contribution in [-0.4, -0.2) is 0 Å². The molecule has 0 aromatic heterocycles. The molecule has 1 heterocycles. The molecule has 1 aliphatic heterocycles. The fourth-order valence-corrected chi connectivity index (χ4v) is 1.69. The third-order valence-electron chi connectivity index (χ3n) is 2.40. The van der Waals surface area contributed by atoms with Crippen molar-refractivity contribution in [1.82, 2.24) is 0 Å². The smallest absolute Gasteiger partial charge is 0.131 e. The summed E-state index contributed by atoms with van der Waals surface area (Å²) in [5.41, 5.74) is 2.31. The van der Waals surface area contributed by atoms with Gasteiger partial charge in [-0.2, -0.15) is 0 Å². The Bertz CT molecular complexity index is 387. The first kappa shape index (κ1) is 7.63. The monoisotopic (exact) mass is 180 g/mol. The molecule has 0 aliphatic carbocycles. The minimum Gasteiger partial charge on any atom is -0.457 e. The van der Waals surface area contributed by atoms with Crippen LogP contribution in [0.2, 0.25) is 0 Å². The Morgan fingerprint density at radius 1 is 1.07 bits per heavy atom. The molecule has 0 bridgehead atoms. The summed E-state index contributed by atoms with van der Waals surface area (Å²) in [5.74, 6) is 1.86. The zero-order valence-corrected chi connectivity index (χ0v) is 7.58. The molecule has 66 valence electrons. The maximum atomic E-state index is 5.73. The minimum atomic E-state index is 0.892. The van der Waals surface area contributed by atoms with Crippen molar-refractivity contribution in [2.45, 2.75) is 6.42 Å². The van der Waals surface area contributed by atoms with Crippen LogP contribution in [0.5, 0.6) is 11.5 Å². The molecular weight excluding hydrogens is 172 g/mol. The molecule has 1 aliphatic rings. The molecule has 0 saturated heterocycles. The van der Waals surface area contributed by atoms with Crippen molar-refractivity contribution in [2.75, 3.05) is 0 Å². The summed E-state index contributed by atoms with van der Waals surface area (Å²) < 4.78 is 5.73. The lowest BCUT2D eigenvalue weighted by molar-refractivity contribution is 0.460. The molecule has 0 unspecified atom stereocenters. The van der Waals surface area contributed by atoms with Crippen molar-refractivity contribution in [3.05, 3.63) is 59.7 Å². The summed E-state index contributed by atoms with van der Waals surface area (Å²) in [6, 6.07) is 17.9. The Morgan fingerprint density at radius 3 is 3.00 bits per heavy atom. The summed E-state index contributed by atoms with van der Waals surface area (Å²) in [6.07, 6.45) is 0.892. The number of para-hydroxylation sites is 1. The second kappa shape index (κ2) is 2.88. The maximum Gasteiger partial charge on any atom is 0.131 e. The Labute approximate surface area is 83.0 Å². The lowest BCUT2D eigenvalue weighted by atomic mass is 10.0. The highest BCUT2D eigenvalue weighted by Crippen LogP contribution is 2.35. The van der Waals surface area contributed by atoms with Gasteiger partial charge >= 0.3 is 0 Å². The van der Waals surface area contributed by atoms with E-state index in [0.29, 0.717) is 0 Å². The summed E-state index contributed by atoms with van der Waals surface area (Å²) >= 11 is 0. The van der Waals surface area contributed by atoms with Crippen LogP contribution >= 0.6 is 0 Å². The van der Waals surface area contributed by atoms with Gasteiger partial charge in [-0.3, -0.25) is 0 Å². The van der Waals surface area contributed by atoms with Crippen LogP contribution in [0.4, 0.5) is 0 Å². The van der Waals surface area contributed by atoms with Gasteiger partial charge in [-0.25, -0.2) is 0 Å². The van der Waals surface area contributed by atoms with Gasteiger partial charge in [0.2, 0.25) is 0 Å². The summed E-state index contributed by atoms with van der Waals surface area (Å²) in [7, 11) is 0. The van der Waals surface area contributed by atoms with E-state index in [4.69, 9.17) is 4.74 Å². The molecule has 2 radical (unpaired) electrons. The van der Waals surface area contributed by atoms with Crippen molar-refractivity contribution in [2.24, 2.45) is 0 Å². The van der Waals surface area contributed by atoms with Gasteiger partial charge in [0.25, 0.3) is 0 Å². The molecule has 14 heavy (non-hydrogen) atoms. The zero-order valence-electron chi connectivity index (χ0n) is 7.58. The van der Waals surface area contributed by atoms with E-state index in [1.807, 2.05) is 30.3 Å². The van der Waals surface area contributed by atoms with E-state index in [1.54, 1.807) is 0 Å². The summed E-state index contributed by atoms with van der Waals surface area (Å²) in [6.45, 7) is 0. The third-order valence-corrected chi connectivity index (χ3v) is 2.40. The molecule has 0 N–H and O–H groups in total. The molecule has 3 rings (SSSR count). The van der Waals surface area contributed by atoms with Crippen LogP contribution in [0.1, 0.15) is 11.1 Å². The Balaban J connectivity index is 2.12. The molecule has 1 heteroatoms. The molecule has 0 fully saturated rings. The molecule has 2 aromatic rings. The van der Waals surface area contributed by atoms with Crippen LogP contribution in [0.3, 0.4) is 0 Å². The standard InChI is InChI=1S/C13H8O/c1-3-7-12-10(5-1)9-11-6-2-4-8-13(11)14-12/h1,3-5,7-8H,9H2. The van der Waals surface area contributed by atoms with E-state index in [0.717, 1.165) is 23.5 Å². The van der Waals surface area contributed by atoms with Gasteiger partial charge in [-0.15, -0.1) is 0 Å². The number of ether oxygens (including phenoxy) is 1. The predicted molar refractivity (Wildman–Crippen MR) is 53.4 cm³/mol. The Kier molecular flexibility index (Phi) is 1.57. The lowest BCUT2D eigenvalue weighted by Gasteiger charge is -2.19. The average molecular weight is 180 g/mol. The van der Waals surface area contributed by atoms with Crippen molar-refractivity contribution < 1.29 is 4.74 Å². The second-order valence-corrected chi connectivity index (χ2v) is 3.33. The largest absolute Gasteiger partial charge is 0.457 e. The van der Waals surface area contributed by atoms with Crippen molar-refractivity contribution in [3.8, 4) is 11.5 Å².